The summed E-state index contributed by atoms with van der Waals surface area (Å²) < 4.78 is 25.6. The average Bonchev–Trinajstić information content (AvgIpc) is 2.65. The summed E-state index contributed by atoms with van der Waals surface area (Å²) in [6, 6.07) is 7.43. The number of pyridine rings is 1. The number of ether oxygens (including phenoxy) is 2. The lowest BCUT2D eigenvalue weighted by atomic mass is 10.3. The molecule has 0 saturated carbocycles. The van der Waals surface area contributed by atoms with Crippen molar-refractivity contribution < 1.29 is 13.9 Å². The number of hydrogen-bond acceptors (Lipinski definition) is 6. The third-order valence-corrected chi connectivity index (χ3v) is 3.78. The first-order valence-corrected chi connectivity index (χ1v) is 8.12. The zero-order chi connectivity index (χ0) is 18.5. The molecule has 8 heteroatoms. The molecule has 26 heavy (non-hydrogen) atoms. The van der Waals surface area contributed by atoms with E-state index in [0.717, 1.165) is 6.42 Å². The van der Waals surface area contributed by atoms with Crippen LogP contribution in [0.15, 0.2) is 41.3 Å². The number of methoxy groups -OCH3 is 1. The Hall–Kier alpha value is -3.00. The molecule has 0 bridgehead atoms. The first-order chi connectivity index (χ1) is 12.6. The van der Waals surface area contributed by atoms with Gasteiger partial charge in [0.15, 0.2) is 17.3 Å². The minimum Gasteiger partial charge on any atom is -0.448 e. The van der Waals surface area contributed by atoms with Crippen LogP contribution >= 0.6 is 0 Å². The number of nitrogens with one attached hydrogen (secondary N) is 1. The van der Waals surface area contributed by atoms with Gasteiger partial charge in [0, 0.05) is 38.9 Å². The lowest BCUT2D eigenvalue weighted by Gasteiger charge is -2.11. The molecule has 0 aliphatic carbocycles. The maximum absolute atomic E-state index is 13.8. The second-order valence-electron chi connectivity index (χ2n) is 5.65. The molecule has 0 spiro atoms. The van der Waals surface area contributed by atoms with E-state index in [0.29, 0.717) is 30.1 Å². The molecule has 2 aromatic heterocycles. The number of aryl methyl sites for hydroxylation is 1. The number of halogens is 1. The molecule has 1 N–H and O–H groups in total. The van der Waals surface area contributed by atoms with Gasteiger partial charge in [0.2, 0.25) is 5.95 Å². The van der Waals surface area contributed by atoms with Gasteiger partial charge in [-0.25, -0.2) is 9.37 Å². The number of para-hydroxylation sites is 1. The number of hydrogen-bond donors (Lipinski definition) is 1. The molecule has 0 unspecified atom stereocenters. The molecule has 0 aliphatic heterocycles. The molecule has 3 aromatic rings. The monoisotopic (exact) mass is 358 g/mol. The van der Waals surface area contributed by atoms with Crippen molar-refractivity contribution in [2.24, 2.45) is 7.05 Å². The minimum atomic E-state index is -0.540. The summed E-state index contributed by atoms with van der Waals surface area (Å²) in [5.41, 5.74) is 0.0462. The third kappa shape index (κ3) is 3.80. The van der Waals surface area contributed by atoms with Crippen LogP contribution in [0.1, 0.15) is 6.42 Å². The van der Waals surface area contributed by atoms with Crippen LogP contribution in [0, 0.1) is 5.82 Å². The van der Waals surface area contributed by atoms with Gasteiger partial charge in [-0.1, -0.05) is 12.1 Å². The quantitative estimate of drug-likeness (QED) is 0.654. The summed E-state index contributed by atoms with van der Waals surface area (Å²) in [7, 11) is 3.23. The summed E-state index contributed by atoms with van der Waals surface area (Å²) in [4.78, 5) is 21.1. The minimum absolute atomic E-state index is 0.00880. The molecular formula is C18H19FN4O3. The van der Waals surface area contributed by atoms with E-state index in [4.69, 9.17) is 9.47 Å². The summed E-state index contributed by atoms with van der Waals surface area (Å²) in [5.74, 6) is -0.122. The highest BCUT2D eigenvalue weighted by Gasteiger charge is 2.13. The standard InChI is InChI=1S/C18H19FN4O3/c1-23-16-12(11-21-18(22-16)20-8-5-9-25-2)10-15(17(23)24)26-14-7-4-3-6-13(14)19/h3-4,6-7,10-11H,5,8-9H2,1-2H3,(H,20,21,22). The van der Waals surface area contributed by atoms with E-state index in [1.165, 1.54) is 22.8 Å². The van der Waals surface area contributed by atoms with Gasteiger partial charge in [0.1, 0.15) is 5.65 Å². The Labute approximate surface area is 149 Å². The molecule has 7 nitrogen and oxygen atoms in total. The summed E-state index contributed by atoms with van der Waals surface area (Å²) in [5, 5.41) is 3.69. The van der Waals surface area contributed by atoms with Crippen LogP contribution in [0.3, 0.4) is 0 Å². The van der Waals surface area contributed by atoms with Gasteiger partial charge in [-0.3, -0.25) is 9.36 Å². The van der Waals surface area contributed by atoms with Gasteiger partial charge < -0.3 is 14.8 Å². The Kier molecular flexibility index (Phi) is 5.43. The fourth-order valence-corrected chi connectivity index (χ4v) is 2.44. The number of aromatic nitrogens is 3. The zero-order valence-electron chi connectivity index (χ0n) is 14.5. The van der Waals surface area contributed by atoms with Gasteiger partial charge in [-0.05, 0) is 24.6 Å². The molecule has 3 rings (SSSR count). The van der Waals surface area contributed by atoms with Crippen LogP contribution in [0.4, 0.5) is 10.3 Å². The van der Waals surface area contributed by atoms with Crippen molar-refractivity contribution >= 4 is 17.0 Å². The van der Waals surface area contributed by atoms with E-state index in [9.17, 15) is 9.18 Å². The Bertz CT molecular complexity index is 974. The highest BCUT2D eigenvalue weighted by Crippen LogP contribution is 2.23. The molecule has 0 atom stereocenters. The second kappa shape index (κ2) is 7.92. The largest absolute Gasteiger partial charge is 0.448 e. The van der Waals surface area contributed by atoms with Gasteiger partial charge in [-0.15, -0.1) is 0 Å². The van der Waals surface area contributed by atoms with Crippen LogP contribution in [-0.2, 0) is 11.8 Å². The first kappa shape index (κ1) is 17.8. The number of fused-ring (bicyclic) bond motifs is 1. The fraction of sp³-hybridized carbons (Fsp3) is 0.278. The smallest absolute Gasteiger partial charge is 0.294 e. The lowest BCUT2D eigenvalue weighted by molar-refractivity contribution is 0.197. The van der Waals surface area contributed by atoms with E-state index in [2.05, 4.69) is 15.3 Å². The van der Waals surface area contributed by atoms with Crippen LogP contribution in [-0.4, -0.2) is 34.8 Å². The number of nitrogens with zero attached hydrogens (tertiary/aromatic N) is 3. The number of anilines is 1. The Morgan fingerprint density at radius 3 is 2.85 bits per heavy atom. The molecule has 1 aromatic carbocycles. The highest BCUT2D eigenvalue weighted by molar-refractivity contribution is 5.76. The van der Waals surface area contributed by atoms with Crippen molar-refractivity contribution in [3.8, 4) is 11.5 Å². The normalized spacial score (nSPS) is 10.9. The maximum atomic E-state index is 13.8. The molecular weight excluding hydrogens is 339 g/mol. The van der Waals surface area contributed by atoms with E-state index in [-0.39, 0.29) is 11.5 Å². The van der Waals surface area contributed by atoms with E-state index in [1.54, 1.807) is 32.5 Å². The predicted octanol–water partition coefficient (Wildman–Crippen LogP) is 2.71. The van der Waals surface area contributed by atoms with E-state index in [1.807, 2.05) is 0 Å². The SMILES string of the molecule is COCCCNc1ncc2cc(Oc3ccccc3F)c(=O)n(C)c2n1. The molecule has 0 fully saturated rings. The van der Waals surface area contributed by atoms with Gasteiger partial charge >= 0.3 is 0 Å². The number of rotatable bonds is 7. The molecule has 136 valence electrons. The van der Waals surface area contributed by atoms with Crippen LogP contribution < -0.4 is 15.6 Å². The predicted molar refractivity (Wildman–Crippen MR) is 96.2 cm³/mol. The average molecular weight is 358 g/mol. The topological polar surface area (TPSA) is 78.3 Å². The van der Waals surface area contributed by atoms with Gasteiger partial charge in [0.25, 0.3) is 5.56 Å². The Morgan fingerprint density at radius 2 is 2.08 bits per heavy atom. The van der Waals surface area contributed by atoms with E-state index < -0.39 is 11.4 Å². The van der Waals surface area contributed by atoms with Crippen molar-refractivity contribution in [1.29, 1.82) is 0 Å². The maximum Gasteiger partial charge on any atom is 0.294 e. The lowest BCUT2D eigenvalue weighted by Crippen LogP contribution is -2.20. The first-order valence-electron chi connectivity index (χ1n) is 8.12. The third-order valence-electron chi connectivity index (χ3n) is 3.78. The summed E-state index contributed by atoms with van der Waals surface area (Å²) >= 11 is 0. The molecule has 0 saturated heterocycles. The van der Waals surface area contributed by atoms with Crippen LogP contribution in [0.25, 0.3) is 11.0 Å². The van der Waals surface area contributed by atoms with Gasteiger partial charge in [-0.2, -0.15) is 4.98 Å². The van der Waals surface area contributed by atoms with Crippen molar-refractivity contribution in [2.45, 2.75) is 6.42 Å². The van der Waals surface area contributed by atoms with Crippen molar-refractivity contribution in [2.75, 3.05) is 25.6 Å². The Balaban J connectivity index is 1.90. The van der Waals surface area contributed by atoms with Crippen molar-refractivity contribution in [1.82, 2.24) is 14.5 Å². The fourth-order valence-electron chi connectivity index (χ4n) is 2.44. The molecule has 2 heterocycles. The number of benzene rings is 1. The summed E-state index contributed by atoms with van der Waals surface area (Å²) in [6.07, 6.45) is 2.40. The summed E-state index contributed by atoms with van der Waals surface area (Å²) in [6.45, 7) is 1.29. The van der Waals surface area contributed by atoms with Gasteiger partial charge in [0.05, 0.1) is 0 Å². The molecule has 0 aliphatic rings. The molecule has 0 radical (unpaired) electrons. The van der Waals surface area contributed by atoms with Crippen LogP contribution in [0.2, 0.25) is 0 Å². The highest BCUT2D eigenvalue weighted by atomic mass is 19.1. The second-order valence-corrected chi connectivity index (χ2v) is 5.65. The van der Waals surface area contributed by atoms with Crippen molar-refractivity contribution in [3.63, 3.8) is 0 Å². The van der Waals surface area contributed by atoms with E-state index >= 15 is 0 Å². The van der Waals surface area contributed by atoms with Crippen LogP contribution in [0.5, 0.6) is 11.5 Å². The zero-order valence-corrected chi connectivity index (χ0v) is 14.5. The van der Waals surface area contributed by atoms with Crippen molar-refractivity contribution in [3.05, 3.63) is 52.7 Å². The Morgan fingerprint density at radius 1 is 1.27 bits per heavy atom. The molecule has 0 amide bonds.